The SMILES string of the molecule is Cl.NCCc1ccc(O)c2c1OCC(=O)N2. The van der Waals surface area contributed by atoms with Crippen molar-refractivity contribution in [1.82, 2.24) is 0 Å². The molecule has 0 aromatic heterocycles. The Bertz CT molecular complexity index is 409. The van der Waals surface area contributed by atoms with Crippen molar-refractivity contribution in [2.45, 2.75) is 6.42 Å². The number of benzene rings is 1. The van der Waals surface area contributed by atoms with Gasteiger partial charge in [-0.05, 0) is 24.6 Å². The zero-order valence-electron chi connectivity index (χ0n) is 8.53. The minimum atomic E-state index is -0.261. The smallest absolute Gasteiger partial charge is 0.262 e. The van der Waals surface area contributed by atoms with Crippen LogP contribution >= 0.6 is 12.4 Å². The lowest BCUT2D eigenvalue weighted by Gasteiger charge is -2.21. The number of rotatable bonds is 2. The van der Waals surface area contributed by atoms with Gasteiger partial charge in [-0.3, -0.25) is 4.79 Å². The molecular formula is C10H13ClN2O3. The third-order valence-corrected chi connectivity index (χ3v) is 2.24. The lowest BCUT2D eigenvalue weighted by atomic mass is 10.1. The second-order valence-electron chi connectivity index (χ2n) is 3.32. The van der Waals surface area contributed by atoms with E-state index in [0.29, 0.717) is 24.4 Å². The molecule has 16 heavy (non-hydrogen) atoms. The summed E-state index contributed by atoms with van der Waals surface area (Å²) in [6.07, 6.45) is 0.651. The number of aromatic hydroxyl groups is 1. The van der Waals surface area contributed by atoms with Gasteiger partial charge in [-0.2, -0.15) is 0 Å². The number of hydrogen-bond acceptors (Lipinski definition) is 4. The average molecular weight is 245 g/mol. The highest BCUT2D eigenvalue weighted by Gasteiger charge is 2.21. The predicted octanol–water partition coefficient (Wildman–Crippen LogP) is 0.646. The van der Waals surface area contributed by atoms with Gasteiger partial charge in [0.15, 0.2) is 12.4 Å². The summed E-state index contributed by atoms with van der Waals surface area (Å²) in [5.41, 5.74) is 6.69. The van der Waals surface area contributed by atoms with Crippen LogP contribution in [-0.2, 0) is 11.2 Å². The highest BCUT2D eigenvalue weighted by molar-refractivity contribution is 5.97. The van der Waals surface area contributed by atoms with Gasteiger partial charge in [-0.15, -0.1) is 12.4 Å². The van der Waals surface area contributed by atoms with Crippen LogP contribution in [0.4, 0.5) is 5.69 Å². The van der Waals surface area contributed by atoms with Crippen molar-refractivity contribution in [3.63, 3.8) is 0 Å². The maximum atomic E-state index is 11.1. The molecule has 0 fully saturated rings. The number of anilines is 1. The van der Waals surface area contributed by atoms with E-state index in [1.165, 1.54) is 6.07 Å². The lowest BCUT2D eigenvalue weighted by molar-refractivity contribution is -0.118. The summed E-state index contributed by atoms with van der Waals surface area (Å²) in [4.78, 5) is 11.1. The van der Waals surface area contributed by atoms with Crippen LogP contribution in [0.25, 0.3) is 0 Å². The first kappa shape index (κ1) is 12.6. The van der Waals surface area contributed by atoms with E-state index in [9.17, 15) is 9.90 Å². The van der Waals surface area contributed by atoms with E-state index in [1.54, 1.807) is 6.07 Å². The second kappa shape index (κ2) is 5.05. The van der Waals surface area contributed by atoms with Crippen LogP contribution in [0.15, 0.2) is 12.1 Å². The number of nitrogens with one attached hydrogen (secondary N) is 1. The summed E-state index contributed by atoms with van der Waals surface area (Å²) in [5, 5.41) is 12.1. The summed E-state index contributed by atoms with van der Waals surface area (Å²) < 4.78 is 5.27. The first-order valence-electron chi connectivity index (χ1n) is 4.70. The molecule has 0 radical (unpaired) electrons. The second-order valence-corrected chi connectivity index (χ2v) is 3.32. The largest absolute Gasteiger partial charge is 0.506 e. The summed E-state index contributed by atoms with van der Waals surface area (Å²) in [6, 6.07) is 3.28. The summed E-state index contributed by atoms with van der Waals surface area (Å²) in [5.74, 6) is 0.279. The molecule has 1 aromatic carbocycles. The number of carbonyl (C=O) groups excluding carboxylic acids is 1. The average Bonchev–Trinajstić information content (AvgIpc) is 2.23. The molecule has 0 bridgehead atoms. The Morgan fingerprint density at radius 3 is 2.94 bits per heavy atom. The normalized spacial score (nSPS) is 13.2. The number of ether oxygens (including phenoxy) is 1. The molecule has 0 saturated carbocycles. The Kier molecular flexibility index (Phi) is 3.98. The number of carbonyl (C=O) groups is 1. The molecule has 4 N–H and O–H groups in total. The van der Waals surface area contributed by atoms with Gasteiger partial charge in [0.25, 0.3) is 5.91 Å². The number of phenolic OH excluding ortho intramolecular Hbond substituents is 1. The van der Waals surface area contributed by atoms with Crippen molar-refractivity contribution in [2.75, 3.05) is 18.5 Å². The molecule has 88 valence electrons. The number of nitrogens with two attached hydrogens (primary N) is 1. The summed E-state index contributed by atoms with van der Waals surface area (Å²) >= 11 is 0. The van der Waals surface area contributed by atoms with Gasteiger partial charge < -0.3 is 20.9 Å². The van der Waals surface area contributed by atoms with Gasteiger partial charge in [0.05, 0.1) is 0 Å². The topological polar surface area (TPSA) is 84.6 Å². The van der Waals surface area contributed by atoms with Crippen molar-refractivity contribution in [3.8, 4) is 11.5 Å². The fourth-order valence-corrected chi connectivity index (χ4v) is 1.57. The van der Waals surface area contributed by atoms with Gasteiger partial charge in [0.2, 0.25) is 0 Å². The van der Waals surface area contributed by atoms with Gasteiger partial charge >= 0.3 is 0 Å². The Hall–Kier alpha value is -1.46. The van der Waals surface area contributed by atoms with E-state index in [0.717, 1.165) is 5.56 Å². The van der Waals surface area contributed by atoms with Gasteiger partial charge in [-0.1, -0.05) is 6.07 Å². The van der Waals surface area contributed by atoms with Crippen LogP contribution < -0.4 is 15.8 Å². The van der Waals surface area contributed by atoms with Crippen molar-refractivity contribution in [2.24, 2.45) is 5.73 Å². The van der Waals surface area contributed by atoms with Crippen LogP contribution in [0, 0.1) is 0 Å². The van der Waals surface area contributed by atoms with Crippen molar-refractivity contribution < 1.29 is 14.6 Å². The van der Waals surface area contributed by atoms with Gasteiger partial charge in [0, 0.05) is 0 Å². The van der Waals surface area contributed by atoms with E-state index < -0.39 is 0 Å². The number of hydrogen-bond donors (Lipinski definition) is 3. The van der Waals surface area contributed by atoms with E-state index in [-0.39, 0.29) is 30.7 Å². The highest BCUT2D eigenvalue weighted by atomic mass is 35.5. The molecular weight excluding hydrogens is 232 g/mol. The third-order valence-electron chi connectivity index (χ3n) is 2.24. The third kappa shape index (κ3) is 2.20. The molecule has 0 unspecified atom stereocenters. The van der Waals surface area contributed by atoms with E-state index >= 15 is 0 Å². The molecule has 6 heteroatoms. The minimum absolute atomic E-state index is 0. The zero-order valence-corrected chi connectivity index (χ0v) is 9.34. The maximum absolute atomic E-state index is 11.1. The monoisotopic (exact) mass is 244 g/mol. The molecule has 5 nitrogen and oxygen atoms in total. The van der Waals surface area contributed by atoms with E-state index in [1.807, 2.05) is 0 Å². The van der Waals surface area contributed by atoms with Crippen LogP contribution in [0.5, 0.6) is 11.5 Å². The van der Waals surface area contributed by atoms with Crippen LogP contribution in [-0.4, -0.2) is 24.2 Å². The number of amides is 1. The van der Waals surface area contributed by atoms with Gasteiger partial charge in [0.1, 0.15) is 11.4 Å². The predicted molar refractivity (Wildman–Crippen MR) is 62.2 cm³/mol. The fraction of sp³-hybridized carbons (Fsp3) is 0.300. The number of fused-ring (bicyclic) bond motifs is 1. The molecule has 1 aliphatic heterocycles. The Balaban J connectivity index is 0.00000128. The first-order valence-corrected chi connectivity index (χ1v) is 4.70. The zero-order chi connectivity index (χ0) is 10.8. The van der Waals surface area contributed by atoms with E-state index in [2.05, 4.69) is 5.32 Å². The summed E-state index contributed by atoms with van der Waals surface area (Å²) in [7, 11) is 0. The minimum Gasteiger partial charge on any atom is -0.506 e. The molecule has 1 heterocycles. The standard InChI is InChI=1S/C10H12N2O3.ClH/c11-4-3-6-1-2-7(13)9-10(6)15-5-8(14)12-9;/h1-2,13H,3-5,11H2,(H,12,14);1H. The van der Waals surface area contributed by atoms with Crippen LogP contribution in [0.2, 0.25) is 0 Å². The number of phenols is 1. The van der Waals surface area contributed by atoms with Crippen molar-refractivity contribution >= 4 is 24.0 Å². The maximum Gasteiger partial charge on any atom is 0.262 e. The van der Waals surface area contributed by atoms with E-state index in [4.69, 9.17) is 10.5 Å². The van der Waals surface area contributed by atoms with Crippen LogP contribution in [0.1, 0.15) is 5.56 Å². The quantitative estimate of drug-likeness (QED) is 0.667. The molecule has 1 aromatic rings. The highest BCUT2D eigenvalue weighted by Crippen LogP contribution is 2.38. The molecule has 0 aliphatic carbocycles. The molecule has 2 rings (SSSR count). The molecule has 0 spiro atoms. The molecule has 0 saturated heterocycles. The fourth-order valence-electron chi connectivity index (χ4n) is 1.57. The Morgan fingerprint density at radius 1 is 1.50 bits per heavy atom. The first-order chi connectivity index (χ1) is 7.22. The van der Waals surface area contributed by atoms with Crippen molar-refractivity contribution in [3.05, 3.63) is 17.7 Å². The molecule has 1 aliphatic rings. The molecule has 0 atom stereocenters. The lowest BCUT2D eigenvalue weighted by Crippen LogP contribution is -2.26. The number of halogens is 1. The summed E-state index contributed by atoms with van der Waals surface area (Å²) in [6.45, 7) is 0.475. The molecule has 1 amide bonds. The van der Waals surface area contributed by atoms with Gasteiger partial charge in [-0.25, -0.2) is 0 Å². The van der Waals surface area contributed by atoms with Crippen LogP contribution in [0.3, 0.4) is 0 Å². The Morgan fingerprint density at radius 2 is 2.25 bits per heavy atom. The van der Waals surface area contributed by atoms with Crippen molar-refractivity contribution in [1.29, 1.82) is 0 Å². The Labute approximate surface area is 99.0 Å².